The van der Waals surface area contributed by atoms with Crippen LogP contribution in [0, 0.1) is 0 Å². The molecular weight excluding hydrogens is 358 g/mol. The van der Waals surface area contributed by atoms with Gasteiger partial charge in [-0.3, -0.25) is 4.90 Å². The van der Waals surface area contributed by atoms with Crippen molar-refractivity contribution in [2.24, 2.45) is 0 Å². The fourth-order valence-corrected chi connectivity index (χ4v) is 4.86. The molecule has 3 nitrogen and oxygen atoms in total. The van der Waals surface area contributed by atoms with Gasteiger partial charge < -0.3 is 10.2 Å². The number of unbranched alkanes of at least 4 members (excludes halogenated alkanes) is 10. The van der Waals surface area contributed by atoms with Crippen LogP contribution < -0.4 is 0 Å². The third-order valence-corrected chi connectivity index (χ3v) is 6.76. The van der Waals surface area contributed by atoms with Crippen LogP contribution in [-0.4, -0.2) is 46.5 Å². The van der Waals surface area contributed by atoms with Crippen molar-refractivity contribution in [2.45, 2.75) is 154 Å². The lowest BCUT2D eigenvalue weighted by molar-refractivity contribution is 0.0280. The summed E-state index contributed by atoms with van der Waals surface area (Å²) >= 11 is 0. The predicted octanol–water partition coefficient (Wildman–Crippen LogP) is 6.84. The first-order valence-electron chi connectivity index (χ1n) is 13.3. The molecule has 1 rings (SSSR count). The third kappa shape index (κ3) is 14.5. The van der Waals surface area contributed by atoms with Crippen LogP contribution in [-0.2, 0) is 0 Å². The molecule has 1 saturated carbocycles. The Morgan fingerprint density at radius 1 is 0.621 bits per heavy atom. The van der Waals surface area contributed by atoms with Crippen LogP contribution in [0.5, 0.6) is 0 Å². The van der Waals surface area contributed by atoms with Gasteiger partial charge in [-0.05, 0) is 25.7 Å². The number of rotatable bonds is 19. The van der Waals surface area contributed by atoms with Crippen LogP contribution in [0.3, 0.4) is 0 Å². The smallest absolute Gasteiger partial charge is 0.0667 e. The summed E-state index contributed by atoms with van der Waals surface area (Å²) in [6, 6.07) is 0.571. The molecule has 0 bridgehead atoms. The Balaban J connectivity index is 2.31. The molecule has 0 saturated heterocycles. The minimum Gasteiger partial charge on any atom is -0.392 e. The molecule has 0 aromatic heterocycles. The van der Waals surface area contributed by atoms with Gasteiger partial charge in [-0.15, -0.1) is 0 Å². The molecule has 174 valence electrons. The van der Waals surface area contributed by atoms with Crippen LogP contribution in [0.25, 0.3) is 0 Å². The number of hydrogen-bond acceptors (Lipinski definition) is 3. The summed E-state index contributed by atoms with van der Waals surface area (Å²) in [5, 5.41) is 21.3. The standard InChI is InChI=1S/C26H53NO2/c1-3-5-7-9-11-16-20-25(28)22-27(24-18-14-13-15-19-24)23-26(29)21-17-12-10-8-6-4-2/h24-26,28-29H,3-23H2,1-2H3. The summed E-state index contributed by atoms with van der Waals surface area (Å²) in [6.45, 7) is 6.02. The van der Waals surface area contributed by atoms with Gasteiger partial charge in [-0.25, -0.2) is 0 Å². The van der Waals surface area contributed by atoms with E-state index in [4.69, 9.17) is 0 Å². The Morgan fingerprint density at radius 2 is 1.03 bits per heavy atom. The van der Waals surface area contributed by atoms with Crippen LogP contribution >= 0.6 is 0 Å². The largest absolute Gasteiger partial charge is 0.392 e. The second-order valence-electron chi connectivity index (χ2n) is 9.67. The number of aliphatic hydroxyl groups excluding tert-OH is 2. The molecule has 2 unspecified atom stereocenters. The zero-order valence-corrected chi connectivity index (χ0v) is 19.9. The maximum absolute atomic E-state index is 10.6. The van der Waals surface area contributed by atoms with Crippen molar-refractivity contribution in [3.63, 3.8) is 0 Å². The third-order valence-electron chi connectivity index (χ3n) is 6.76. The highest BCUT2D eigenvalue weighted by atomic mass is 16.3. The van der Waals surface area contributed by atoms with Crippen LogP contribution in [0.1, 0.15) is 136 Å². The molecule has 0 heterocycles. The highest BCUT2D eigenvalue weighted by molar-refractivity contribution is 4.80. The molecule has 1 aliphatic carbocycles. The van der Waals surface area contributed by atoms with E-state index in [-0.39, 0.29) is 12.2 Å². The molecule has 1 fully saturated rings. The lowest BCUT2D eigenvalue weighted by Gasteiger charge is -2.37. The van der Waals surface area contributed by atoms with E-state index in [2.05, 4.69) is 18.7 Å². The Morgan fingerprint density at radius 3 is 1.48 bits per heavy atom. The first-order chi connectivity index (χ1) is 14.2. The van der Waals surface area contributed by atoms with Crippen LogP contribution in [0.2, 0.25) is 0 Å². The molecule has 2 atom stereocenters. The molecule has 0 radical (unpaired) electrons. The quantitative estimate of drug-likeness (QED) is 0.229. The highest BCUT2D eigenvalue weighted by Gasteiger charge is 2.25. The van der Waals surface area contributed by atoms with E-state index < -0.39 is 0 Å². The van der Waals surface area contributed by atoms with Gasteiger partial charge in [0.1, 0.15) is 0 Å². The lowest BCUT2D eigenvalue weighted by Crippen LogP contribution is -2.45. The number of aliphatic hydroxyl groups is 2. The van der Waals surface area contributed by atoms with Crippen molar-refractivity contribution < 1.29 is 10.2 Å². The lowest BCUT2D eigenvalue weighted by atomic mass is 9.93. The van der Waals surface area contributed by atoms with Gasteiger partial charge >= 0.3 is 0 Å². The van der Waals surface area contributed by atoms with Gasteiger partial charge in [-0.1, -0.05) is 110 Å². The summed E-state index contributed by atoms with van der Waals surface area (Å²) in [7, 11) is 0. The summed E-state index contributed by atoms with van der Waals surface area (Å²) in [6.07, 6.45) is 23.2. The average molecular weight is 412 g/mol. The van der Waals surface area contributed by atoms with E-state index in [0.29, 0.717) is 6.04 Å². The normalized spacial score (nSPS) is 17.7. The molecule has 0 spiro atoms. The Hall–Kier alpha value is -0.120. The van der Waals surface area contributed by atoms with Gasteiger partial charge in [0, 0.05) is 19.1 Å². The van der Waals surface area contributed by atoms with Crippen molar-refractivity contribution in [3.05, 3.63) is 0 Å². The van der Waals surface area contributed by atoms with E-state index in [1.54, 1.807) is 0 Å². The van der Waals surface area contributed by atoms with Crippen LogP contribution in [0.15, 0.2) is 0 Å². The molecule has 1 aliphatic rings. The average Bonchev–Trinajstić information content (AvgIpc) is 2.73. The summed E-state index contributed by atoms with van der Waals surface area (Å²) in [5.41, 5.74) is 0. The zero-order chi connectivity index (χ0) is 21.2. The second kappa shape index (κ2) is 18.6. The van der Waals surface area contributed by atoms with Crippen molar-refractivity contribution in [1.29, 1.82) is 0 Å². The minimum atomic E-state index is -0.232. The Bertz CT molecular complexity index is 320. The van der Waals surface area contributed by atoms with Crippen molar-refractivity contribution in [2.75, 3.05) is 13.1 Å². The maximum atomic E-state index is 10.6. The molecule has 0 amide bonds. The molecule has 0 aromatic carbocycles. The second-order valence-corrected chi connectivity index (χ2v) is 9.67. The SMILES string of the molecule is CCCCCCCCC(O)CN(CC(O)CCCCCCCC)C1CCCCC1. The van der Waals surface area contributed by atoms with E-state index in [0.717, 1.165) is 38.8 Å². The topological polar surface area (TPSA) is 43.7 Å². The minimum absolute atomic E-state index is 0.232. The van der Waals surface area contributed by atoms with Crippen molar-refractivity contribution in [3.8, 4) is 0 Å². The summed E-state index contributed by atoms with van der Waals surface area (Å²) in [5.74, 6) is 0. The monoisotopic (exact) mass is 411 g/mol. The fraction of sp³-hybridized carbons (Fsp3) is 1.00. The van der Waals surface area contributed by atoms with E-state index in [1.165, 1.54) is 96.3 Å². The molecule has 0 aromatic rings. The molecular formula is C26H53NO2. The summed E-state index contributed by atoms with van der Waals surface area (Å²) < 4.78 is 0. The van der Waals surface area contributed by atoms with E-state index in [1.807, 2.05) is 0 Å². The highest BCUT2D eigenvalue weighted by Crippen LogP contribution is 2.24. The Labute approximate surface area is 182 Å². The zero-order valence-electron chi connectivity index (χ0n) is 19.9. The van der Waals surface area contributed by atoms with E-state index >= 15 is 0 Å². The molecule has 3 heteroatoms. The van der Waals surface area contributed by atoms with Crippen LogP contribution in [0.4, 0.5) is 0 Å². The number of hydrogen-bond donors (Lipinski definition) is 2. The predicted molar refractivity (Wildman–Crippen MR) is 126 cm³/mol. The van der Waals surface area contributed by atoms with Gasteiger partial charge in [-0.2, -0.15) is 0 Å². The summed E-state index contributed by atoms with van der Waals surface area (Å²) in [4.78, 5) is 2.45. The van der Waals surface area contributed by atoms with E-state index in [9.17, 15) is 10.2 Å². The van der Waals surface area contributed by atoms with Gasteiger partial charge in [0.25, 0.3) is 0 Å². The maximum Gasteiger partial charge on any atom is 0.0667 e. The van der Waals surface area contributed by atoms with Gasteiger partial charge in [0.2, 0.25) is 0 Å². The first-order valence-corrected chi connectivity index (χ1v) is 13.3. The van der Waals surface area contributed by atoms with Crippen molar-refractivity contribution >= 4 is 0 Å². The fourth-order valence-electron chi connectivity index (χ4n) is 4.86. The molecule has 2 N–H and O–H groups in total. The van der Waals surface area contributed by atoms with Gasteiger partial charge in [0.15, 0.2) is 0 Å². The molecule has 0 aliphatic heterocycles. The number of nitrogens with zero attached hydrogens (tertiary/aromatic N) is 1. The van der Waals surface area contributed by atoms with Gasteiger partial charge in [0.05, 0.1) is 12.2 Å². The van der Waals surface area contributed by atoms with Crippen molar-refractivity contribution in [1.82, 2.24) is 4.90 Å². The first kappa shape index (κ1) is 26.9. The molecule has 29 heavy (non-hydrogen) atoms. The Kier molecular flexibility index (Phi) is 17.3.